The molecular formula is C13H16N2O. The molecule has 3 nitrogen and oxygen atoms in total. The third kappa shape index (κ3) is 1.98. The van der Waals surface area contributed by atoms with Crippen LogP contribution in [-0.4, -0.2) is 15.3 Å². The Bertz CT molecular complexity index is 520. The van der Waals surface area contributed by atoms with E-state index in [1.54, 1.807) is 6.33 Å². The molecule has 0 atom stereocenters. The Morgan fingerprint density at radius 1 is 1.31 bits per heavy atom. The Balaban J connectivity index is 2.32. The number of ketones is 1. The van der Waals surface area contributed by atoms with Gasteiger partial charge in [-0.2, -0.15) is 0 Å². The highest BCUT2D eigenvalue weighted by Gasteiger charge is 2.21. The summed E-state index contributed by atoms with van der Waals surface area (Å²) in [6.07, 6.45) is 1.73. The van der Waals surface area contributed by atoms with Gasteiger partial charge >= 0.3 is 0 Å². The molecule has 0 radical (unpaired) electrons. The number of Topliss-reactive ketones (excluding diaryl/α,β-unsaturated/α-hetero) is 1. The van der Waals surface area contributed by atoms with Crippen molar-refractivity contribution in [3.05, 3.63) is 30.6 Å². The second kappa shape index (κ2) is 3.74. The third-order valence-electron chi connectivity index (χ3n) is 2.68. The number of hydrogen-bond acceptors (Lipinski definition) is 2. The first-order valence-electron chi connectivity index (χ1n) is 5.41. The van der Waals surface area contributed by atoms with E-state index in [4.69, 9.17) is 0 Å². The summed E-state index contributed by atoms with van der Waals surface area (Å²) in [5.74, 6) is 0.218. The van der Waals surface area contributed by atoms with Crippen molar-refractivity contribution in [3.8, 4) is 0 Å². The van der Waals surface area contributed by atoms with E-state index in [1.807, 2.05) is 49.6 Å². The van der Waals surface area contributed by atoms with Crippen LogP contribution in [0.3, 0.4) is 0 Å². The van der Waals surface area contributed by atoms with Crippen LogP contribution in [0.25, 0.3) is 11.0 Å². The lowest BCUT2D eigenvalue weighted by molar-refractivity contribution is -0.126. The van der Waals surface area contributed by atoms with Gasteiger partial charge in [0.25, 0.3) is 0 Å². The predicted octanol–water partition coefficient (Wildman–Crippen LogP) is 2.65. The van der Waals surface area contributed by atoms with Gasteiger partial charge in [-0.1, -0.05) is 32.9 Å². The molecule has 3 heteroatoms. The van der Waals surface area contributed by atoms with Crippen molar-refractivity contribution in [1.29, 1.82) is 0 Å². The normalized spacial score (nSPS) is 11.9. The zero-order chi connectivity index (χ0) is 11.8. The molecule has 0 saturated carbocycles. The highest BCUT2D eigenvalue weighted by molar-refractivity contribution is 5.85. The van der Waals surface area contributed by atoms with Gasteiger partial charge in [0.15, 0.2) is 5.78 Å². The van der Waals surface area contributed by atoms with Crippen molar-refractivity contribution in [2.75, 3.05) is 0 Å². The van der Waals surface area contributed by atoms with Crippen molar-refractivity contribution < 1.29 is 4.79 Å². The maximum Gasteiger partial charge on any atom is 0.157 e. The lowest BCUT2D eigenvalue weighted by atomic mass is 9.91. The Morgan fingerprint density at radius 3 is 2.69 bits per heavy atom. The molecule has 0 fully saturated rings. The number of imidazole rings is 1. The molecule has 0 saturated heterocycles. The van der Waals surface area contributed by atoms with Crippen LogP contribution < -0.4 is 0 Å². The van der Waals surface area contributed by atoms with Crippen molar-refractivity contribution in [2.45, 2.75) is 27.3 Å². The maximum atomic E-state index is 11.9. The summed E-state index contributed by atoms with van der Waals surface area (Å²) in [4.78, 5) is 16.2. The SMILES string of the molecule is CC(C)(C)C(=O)Cn1cnc2ccccc21. The molecule has 0 aliphatic heterocycles. The van der Waals surface area contributed by atoms with Gasteiger partial charge in [-0.25, -0.2) is 4.98 Å². The van der Waals surface area contributed by atoms with Gasteiger partial charge in [-0.15, -0.1) is 0 Å². The number of carbonyl (C=O) groups is 1. The molecule has 0 amide bonds. The topological polar surface area (TPSA) is 34.9 Å². The van der Waals surface area contributed by atoms with Crippen molar-refractivity contribution in [2.24, 2.45) is 5.41 Å². The minimum absolute atomic E-state index is 0.218. The number of carbonyl (C=O) groups excluding carboxylic acids is 1. The molecule has 84 valence electrons. The van der Waals surface area contributed by atoms with Gasteiger partial charge in [0.1, 0.15) is 0 Å². The van der Waals surface area contributed by atoms with E-state index in [9.17, 15) is 4.79 Å². The first-order chi connectivity index (χ1) is 7.48. The number of nitrogens with zero attached hydrogens (tertiary/aromatic N) is 2. The third-order valence-corrected chi connectivity index (χ3v) is 2.68. The van der Waals surface area contributed by atoms with E-state index < -0.39 is 0 Å². The van der Waals surface area contributed by atoms with Crippen LogP contribution in [0.2, 0.25) is 0 Å². The number of benzene rings is 1. The summed E-state index contributed by atoms with van der Waals surface area (Å²) in [7, 11) is 0. The number of rotatable bonds is 2. The molecule has 0 N–H and O–H groups in total. The molecule has 1 heterocycles. The fraction of sp³-hybridized carbons (Fsp3) is 0.385. The Kier molecular flexibility index (Phi) is 2.54. The maximum absolute atomic E-state index is 11.9. The van der Waals surface area contributed by atoms with E-state index in [2.05, 4.69) is 4.98 Å². The molecular weight excluding hydrogens is 200 g/mol. The largest absolute Gasteiger partial charge is 0.323 e. The average molecular weight is 216 g/mol. The van der Waals surface area contributed by atoms with Crippen LogP contribution in [0.1, 0.15) is 20.8 Å². The molecule has 0 bridgehead atoms. The fourth-order valence-electron chi connectivity index (χ4n) is 1.53. The van der Waals surface area contributed by atoms with E-state index in [1.165, 1.54) is 0 Å². The highest BCUT2D eigenvalue weighted by Crippen LogP contribution is 2.18. The second-order valence-corrected chi connectivity index (χ2v) is 5.03. The molecule has 0 aliphatic carbocycles. The quantitative estimate of drug-likeness (QED) is 0.773. The first-order valence-corrected chi connectivity index (χ1v) is 5.41. The first kappa shape index (κ1) is 10.9. The summed E-state index contributed by atoms with van der Waals surface area (Å²) in [5, 5.41) is 0. The van der Waals surface area contributed by atoms with Crippen molar-refractivity contribution >= 4 is 16.8 Å². The van der Waals surface area contributed by atoms with Gasteiger partial charge in [0, 0.05) is 5.41 Å². The number of fused-ring (bicyclic) bond motifs is 1. The summed E-state index contributed by atoms with van der Waals surface area (Å²) in [6, 6.07) is 7.85. The fourth-order valence-corrected chi connectivity index (χ4v) is 1.53. The van der Waals surface area contributed by atoms with Gasteiger partial charge in [-0.05, 0) is 12.1 Å². The summed E-state index contributed by atoms with van der Waals surface area (Å²) < 4.78 is 1.91. The molecule has 1 aromatic heterocycles. The van der Waals surface area contributed by atoms with Crippen LogP contribution >= 0.6 is 0 Å². The number of hydrogen-bond donors (Lipinski definition) is 0. The van der Waals surface area contributed by atoms with Crippen LogP contribution in [0, 0.1) is 5.41 Å². The van der Waals surface area contributed by atoms with E-state index in [0.29, 0.717) is 6.54 Å². The minimum atomic E-state index is -0.300. The van der Waals surface area contributed by atoms with E-state index in [0.717, 1.165) is 11.0 Å². The molecule has 1 aromatic carbocycles. The van der Waals surface area contributed by atoms with Crippen LogP contribution in [0.5, 0.6) is 0 Å². The monoisotopic (exact) mass is 216 g/mol. The lowest BCUT2D eigenvalue weighted by Gasteiger charge is -2.16. The smallest absolute Gasteiger partial charge is 0.157 e. The zero-order valence-electron chi connectivity index (χ0n) is 9.90. The molecule has 2 rings (SSSR count). The van der Waals surface area contributed by atoms with Crippen LogP contribution in [0.4, 0.5) is 0 Å². The summed E-state index contributed by atoms with van der Waals surface area (Å²) >= 11 is 0. The Morgan fingerprint density at radius 2 is 2.00 bits per heavy atom. The standard InChI is InChI=1S/C13H16N2O/c1-13(2,3)12(16)8-15-9-14-10-6-4-5-7-11(10)15/h4-7,9H,8H2,1-3H3. The van der Waals surface area contributed by atoms with Gasteiger partial charge in [-0.3, -0.25) is 4.79 Å². The molecule has 2 aromatic rings. The van der Waals surface area contributed by atoms with Gasteiger partial charge < -0.3 is 4.57 Å². The molecule has 0 spiro atoms. The molecule has 0 aliphatic rings. The number of aromatic nitrogens is 2. The highest BCUT2D eigenvalue weighted by atomic mass is 16.1. The van der Waals surface area contributed by atoms with Crippen molar-refractivity contribution in [1.82, 2.24) is 9.55 Å². The van der Waals surface area contributed by atoms with E-state index >= 15 is 0 Å². The average Bonchev–Trinajstić information content (AvgIpc) is 2.61. The zero-order valence-corrected chi connectivity index (χ0v) is 9.90. The summed E-state index contributed by atoms with van der Waals surface area (Å²) in [5.41, 5.74) is 1.65. The van der Waals surface area contributed by atoms with Crippen LogP contribution in [0.15, 0.2) is 30.6 Å². The van der Waals surface area contributed by atoms with Gasteiger partial charge in [0.05, 0.1) is 23.9 Å². The molecule has 0 unspecified atom stereocenters. The van der Waals surface area contributed by atoms with Crippen molar-refractivity contribution in [3.63, 3.8) is 0 Å². The Labute approximate surface area is 95.1 Å². The minimum Gasteiger partial charge on any atom is -0.323 e. The second-order valence-electron chi connectivity index (χ2n) is 5.03. The van der Waals surface area contributed by atoms with E-state index in [-0.39, 0.29) is 11.2 Å². The van der Waals surface area contributed by atoms with Gasteiger partial charge in [0.2, 0.25) is 0 Å². The predicted molar refractivity (Wildman–Crippen MR) is 64.2 cm³/mol. The Hall–Kier alpha value is -1.64. The lowest BCUT2D eigenvalue weighted by Crippen LogP contribution is -2.24. The number of para-hydroxylation sites is 2. The van der Waals surface area contributed by atoms with Crippen LogP contribution in [-0.2, 0) is 11.3 Å². The summed E-state index contributed by atoms with van der Waals surface area (Å²) in [6.45, 7) is 6.21. The molecule has 16 heavy (non-hydrogen) atoms.